The van der Waals surface area contributed by atoms with Crippen LogP contribution in [0.3, 0.4) is 0 Å². The smallest absolute Gasteiger partial charge is 0.262 e. The molecule has 4 aromatic rings. The van der Waals surface area contributed by atoms with Gasteiger partial charge in [-0.05, 0) is 30.0 Å². The molecule has 3 heterocycles. The number of thiophene rings is 1. The highest BCUT2D eigenvalue weighted by atomic mass is 32.2. The fraction of sp³-hybridized carbons (Fsp3) is 0.333. The number of unbranched alkanes of at least 4 members (excludes halogenated alkanes) is 1. The fourth-order valence-electron chi connectivity index (χ4n) is 3.31. The molecule has 3 aromatic heterocycles. The van der Waals surface area contributed by atoms with Crippen LogP contribution in [0.4, 0.5) is 0 Å². The summed E-state index contributed by atoms with van der Waals surface area (Å²) in [6.07, 6.45) is 1.86. The van der Waals surface area contributed by atoms with Crippen molar-refractivity contribution in [1.29, 1.82) is 0 Å². The number of amides is 1. The van der Waals surface area contributed by atoms with Gasteiger partial charge in [-0.2, -0.15) is 0 Å². The number of thioether (sulfide) groups is 1. The minimum Gasteiger partial charge on any atom is -0.340 e. The number of carbonyl (C=O) groups is 1. The maximum absolute atomic E-state index is 13.0. The second kappa shape index (κ2) is 9.01. The van der Waals surface area contributed by atoms with Crippen LogP contribution < -0.4 is 5.56 Å². The summed E-state index contributed by atoms with van der Waals surface area (Å²) in [5.41, 5.74) is 0.708. The van der Waals surface area contributed by atoms with Crippen LogP contribution in [0, 0.1) is 0 Å². The molecule has 0 aliphatic heterocycles. The highest BCUT2D eigenvalue weighted by Crippen LogP contribution is 2.22. The summed E-state index contributed by atoms with van der Waals surface area (Å²) in [4.78, 5) is 28.5. The van der Waals surface area contributed by atoms with Crippen LogP contribution in [-0.2, 0) is 17.9 Å². The van der Waals surface area contributed by atoms with E-state index in [9.17, 15) is 9.59 Å². The molecule has 9 heteroatoms. The molecule has 0 N–H and O–H groups in total. The lowest BCUT2D eigenvalue weighted by molar-refractivity contribution is -0.127. The van der Waals surface area contributed by atoms with Gasteiger partial charge in [0, 0.05) is 18.5 Å². The normalized spacial score (nSPS) is 11.4. The fourth-order valence-corrected chi connectivity index (χ4v) is 4.94. The van der Waals surface area contributed by atoms with E-state index in [0.29, 0.717) is 29.4 Å². The summed E-state index contributed by atoms with van der Waals surface area (Å²) in [5, 5.41) is 11.9. The Bertz CT molecular complexity index is 1230. The summed E-state index contributed by atoms with van der Waals surface area (Å²) in [7, 11) is 1.81. The van der Waals surface area contributed by atoms with E-state index in [2.05, 4.69) is 17.1 Å². The van der Waals surface area contributed by atoms with Crippen LogP contribution in [0.1, 0.15) is 24.6 Å². The van der Waals surface area contributed by atoms with Crippen molar-refractivity contribution in [2.24, 2.45) is 0 Å². The van der Waals surface area contributed by atoms with Gasteiger partial charge < -0.3 is 4.90 Å². The van der Waals surface area contributed by atoms with E-state index in [0.717, 1.165) is 23.2 Å². The van der Waals surface area contributed by atoms with Crippen molar-refractivity contribution in [3.8, 4) is 0 Å². The highest BCUT2D eigenvalue weighted by molar-refractivity contribution is 7.99. The van der Waals surface area contributed by atoms with Crippen LogP contribution in [0.2, 0.25) is 0 Å². The molecule has 0 spiro atoms. The maximum Gasteiger partial charge on any atom is 0.262 e. The number of hydrogen-bond donors (Lipinski definition) is 0. The molecule has 0 saturated carbocycles. The molecule has 7 nitrogen and oxygen atoms in total. The van der Waals surface area contributed by atoms with Crippen LogP contribution in [0.5, 0.6) is 0 Å². The van der Waals surface area contributed by atoms with E-state index in [-0.39, 0.29) is 17.2 Å². The van der Waals surface area contributed by atoms with Gasteiger partial charge in [-0.15, -0.1) is 21.5 Å². The third kappa shape index (κ3) is 3.99. The summed E-state index contributed by atoms with van der Waals surface area (Å²) >= 11 is 2.98. The van der Waals surface area contributed by atoms with Gasteiger partial charge in [-0.1, -0.05) is 43.3 Å². The molecule has 156 valence electrons. The van der Waals surface area contributed by atoms with Crippen molar-refractivity contribution >= 4 is 45.7 Å². The van der Waals surface area contributed by atoms with E-state index < -0.39 is 0 Å². The predicted octanol–water partition coefficient (Wildman–Crippen LogP) is 3.66. The van der Waals surface area contributed by atoms with Crippen LogP contribution in [-0.4, -0.2) is 42.8 Å². The zero-order valence-corrected chi connectivity index (χ0v) is 18.6. The standard InChI is InChI=1S/C21H23N5O2S2/c1-3-4-11-25-19(28)16-9-5-6-10-17(16)26-20(25)22-23-21(26)30-14-18(27)24(2)13-15-8-7-12-29-15/h5-10,12H,3-4,11,13-14H2,1-2H3. The number of carbonyl (C=O) groups excluding carboxylic acids is 1. The van der Waals surface area contributed by atoms with E-state index in [4.69, 9.17) is 0 Å². The number of benzene rings is 1. The third-order valence-corrected chi connectivity index (χ3v) is 6.71. The van der Waals surface area contributed by atoms with Gasteiger partial charge in [0.05, 0.1) is 23.2 Å². The summed E-state index contributed by atoms with van der Waals surface area (Å²) in [6.45, 7) is 3.28. The Balaban J connectivity index is 1.64. The summed E-state index contributed by atoms with van der Waals surface area (Å²) in [5.74, 6) is 0.799. The Hall–Kier alpha value is -2.65. The second-order valence-corrected chi connectivity index (χ2v) is 9.04. The number of para-hydroxylation sites is 1. The van der Waals surface area contributed by atoms with Gasteiger partial charge in [0.1, 0.15) is 0 Å². The van der Waals surface area contributed by atoms with Crippen LogP contribution >= 0.6 is 23.1 Å². The lowest BCUT2D eigenvalue weighted by Gasteiger charge is -2.15. The van der Waals surface area contributed by atoms with Crippen molar-refractivity contribution in [2.75, 3.05) is 12.8 Å². The predicted molar refractivity (Wildman–Crippen MR) is 121 cm³/mol. The average Bonchev–Trinajstić information content (AvgIpc) is 3.42. The number of aromatic nitrogens is 4. The van der Waals surface area contributed by atoms with Gasteiger partial charge in [0.25, 0.3) is 5.56 Å². The first-order chi connectivity index (χ1) is 14.6. The van der Waals surface area contributed by atoms with Crippen molar-refractivity contribution < 1.29 is 4.79 Å². The molecule has 1 aromatic carbocycles. The highest BCUT2D eigenvalue weighted by Gasteiger charge is 2.18. The van der Waals surface area contributed by atoms with Crippen LogP contribution in [0.25, 0.3) is 16.7 Å². The van der Waals surface area contributed by atoms with Crippen LogP contribution in [0.15, 0.2) is 51.7 Å². The number of fused-ring (bicyclic) bond motifs is 3. The molecule has 0 atom stereocenters. The Labute approximate surface area is 182 Å². The molecular formula is C21H23N5O2S2. The Morgan fingerprint density at radius 2 is 2.03 bits per heavy atom. The largest absolute Gasteiger partial charge is 0.340 e. The van der Waals surface area contributed by atoms with Gasteiger partial charge in [0.2, 0.25) is 11.7 Å². The Morgan fingerprint density at radius 3 is 2.80 bits per heavy atom. The average molecular weight is 442 g/mol. The Morgan fingerprint density at radius 1 is 1.20 bits per heavy atom. The maximum atomic E-state index is 13.0. The first kappa shape index (κ1) is 20.6. The van der Waals surface area contributed by atoms with Gasteiger partial charge in [-0.3, -0.25) is 18.6 Å². The van der Waals surface area contributed by atoms with E-state index in [1.54, 1.807) is 20.8 Å². The van der Waals surface area contributed by atoms with Crippen molar-refractivity contribution in [3.05, 3.63) is 57.0 Å². The van der Waals surface area contributed by atoms with Gasteiger partial charge in [-0.25, -0.2) is 0 Å². The zero-order valence-electron chi connectivity index (χ0n) is 16.9. The molecule has 0 aliphatic rings. The van der Waals surface area contributed by atoms with Crippen molar-refractivity contribution in [2.45, 2.75) is 38.0 Å². The molecule has 1 amide bonds. The molecular weight excluding hydrogens is 418 g/mol. The second-order valence-electron chi connectivity index (χ2n) is 7.06. The molecule has 0 fully saturated rings. The minimum atomic E-state index is -0.0535. The van der Waals surface area contributed by atoms with E-state index in [1.807, 2.05) is 53.2 Å². The number of aryl methyl sites for hydroxylation is 1. The summed E-state index contributed by atoms with van der Waals surface area (Å²) in [6, 6.07) is 11.5. The quantitative estimate of drug-likeness (QED) is 0.390. The third-order valence-electron chi connectivity index (χ3n) is 4.94. The molecule has 0 radical (unpaired) electrons. The molecule has 0 aliphatic carbocycles. The van der Waals surface area contributed by atoms with Crippen molar-refractivity contribution in [1.82, 2.24) is 24.1 Å². The van der Waals surface area contributed by atoms with Gasteiger partial charge in [0.15, 0.2) is 5.16 Å². The SMILES string of the molecule is CCCCn1c(=O)c2ccccc2n2c(SCC(=O)N(C)Cc3cccs3)nnc12. The molecule has 0 bridgehead atoms. The monoisotopic (exact) mass is 441 g/mol. The first-order valence-electron chi connectivity index (χ1n) is 9.86. The van der Waals surface area contributed by atoms with E-state index >= 15 is 0 Å². The Kier molecular flexibility index (Phi) is 6.19. The van der Waals surface area contributed by atoms with Crippen molar-refractivity contribution in [3.63, 3.8) is 0 Å². The molecule has 0 unspecified atom stereocenters. The topological polar surface area (TPSA) is 72.5 Å². The number of hydrogen-bond acceptors (Lipinski definition) is 6. The molecule has 4 rings (SSSR count). The number of nitrogens with zero attached hydrogens (tertiary/aromatic N) is 5. The summed E-state index contributed by atoms with van der Waals surface area (Å²) < 4.78 is 3.58. The van der Waals surface area contributed by atoms with Gasteiger partial charge >= 0.3 is 0 Å². The lowest BCUT2D eigenvalue weighted by atomic mass is 10.2. The number of rotatable bonds is 8. The zero-order chi connectivity index (χ0) is 21.1. The molecule has 0 saturated heterocycles. The lowest BCUT2D eigenvalue weighted by Crippen LogP contribution is -2.27. The first-order valence-corrected chi connectivity index (χ1v) is 11.7. The minimum absolute atomic E-state index is 0.0220. The molecule has 30 heavy (non-hydrogen) atoms. The van der Waals surface area contributed by atoms with E-state index in [1.165, 1.54) is 11.8 Å².